The number of aliphatic hydroxyl groups is 1. The summed E-state index contributed by atoms with van der Waals surface area (Å²) in [7, 11) is 0. The smallest absolute Gasteiger partial charge is 0.320 e. The summed E-state index contributed by atoms with van der Waals surface area (Å²) < 4.78 is 29.0. The summed E-state index contributed by atoms with van der Waals surface area (Å²) in [6.07, 6.45) is 0.749. The lowest BCUT2D eigenvalue weighted by atomic mass is 10.00. The van der Waals surface area contributed by atoms with Crippen molar-refractivity contribution in [1.29, 1.82) is 0 Å². The SMILES string of the molecule is C[C@@H](c1ccc(F)cc1)n1nc(-c2ccc(F)cc2)c2c1CCN(C(=O)N1CCC(O)C1)C2. The van der Waals surface area contributed by atoms with Crippen LogP contribution in [0.15, 0.2) is 48.5 Å². The van der Waals surface area contributed by atoms with Gasteiger partial charge in [0.2, 0.25) is 0 Å². The molecule has 172 valence electrons. The number of amides is 2. The summed E-state index contributed by atoms with van der Waals surface area (Å²) in [5.41, 5.74) is 4.39. The van der Waals surface area contributed by atoms with Crippen LogP contribution in [0.3, 0.4) is 0 Å². The number of rotatable bonds is 3. The van der Waals surface area contributed by atoms with Crippen LogP contribution in [-0.2, 0) is 13.0 Å². The molecule has 0 saturated carbocycles. The third-order valence-corrected chi connectivity index (χ3v) is 6.63. The second-order valence-corrected chi connectivity index (χ2v) is 8.80. The molecule has 5 rings (SSSR count). The van der Waals surface area contributed by atoms with Crippen molar-refractivity contribution < 1.29 is 18.7 Å². The van der Waals surface area contributed by atoms with Gasteiger partial charge in [0.25, 0.3) is 0 Å². The van der Waals surface area contributed by atoms with Crippen molar-refractivity contribution in [3.8, 4) is 11.3 Å². The van der Waals surface area contributed by atoms with Gasteiger partial charge < -0.3 is 14.9 Å². The summed E-state index contributed by atoms with van der Waals surface area (Å²) >= 11 is 0. The van der Waals surface area contributed by atoms with E-state index in [1.54, 1.807) is 34.1 Å². The molecule has 1 aromatic heterocycles. The molecule has 33 heavy (non-hydrogen) atoms. The fourth-order valence-corrected chi connectivity index (χ4v) is 4.77. The van der Waals surface area contributed by atoms with E-state index in [-0.39, 0.29) is 23.7 Å². The highest BCUT2D eigenvalue weighted by atomic mass is 19.1. The lowest BCUT2D eigenvalue weighted by molar-refractivity contribution is 0.142. The third kappa shape index (κ3) is 4.11. The zero-order valence-electron chi connectivity index (χ0n) is 18.4. The third-order valence-electron chi connectivity index (χ3n) is 6.63. The molecule has 3 aromatic rings. The number of carbonyl (C=O) groups is 1. The van der Waals surface area contributed by atoms with E-state index < -0.39 is 6.10 Å². The molecule has 1 fully saturated rings. The first kappa shape index (κ1) is 21.6. The Kier molecular flexibility index (Phi) is 5.62. The van der Waals surface area contributed by atoms with E-state index in [9.17, 15) is 18.7 Å². The standard InChI is InChI=1S/C25H26F2N4O2/c1-16(17-2-6-19(26)7-3-17)31-23-11-13-30(25(33)29-12-10-21(32)14-29)15-22(23)24(28-31)18-4-8-20(27)9-5-18/h2-9,16,21,32H,10-15H2,1H3/t16-,21?/m0/s1. The lowest BCUT2D eigenvalue weighted by Gasteiger charge is -2.32. The van der Waals surface area contributed by atoms with Crippen molar-refractivity contribution in [2.45, 2.75) is 38.5 Å². The maximum Gasteiger partial charge on any atom is 0.320 e. The molecule has 2 atom stereocenters. The summed E-state index contributed by atoms with van der Waals surface area (Å²) in [5, 5.41) is 14.7. The Labute approximate surface area is 191 Å². The van der Waals surface area contributed by atoms with Crippen LogP contribution in [0, 0.1) is 11.6 Å². The van der Waals surface area contributed by atoms with Gasteiger partial charge in [0.1, 0.15) is 11.6 Å². The molecule has 2 aromatic carbocycles. The summed E-state index contributed by atoms with van der Waals surface area (Å²) in [6.45, 7) is 3.85. The average Bonchev–Trinajstić information content (AvgIpc) is 3.43. The molecule has 2 aliphatic rings. The largest absolute Gasteiger partial charge is 0.391 e. The van der Waals surface area contributed by atoms with Crippen molar-refractivity contribution in [1.82, 2.24) is 19.6 Å². The van der Waals surface area contributed by atoms with Crippen molar-refractivity contribution in [3.05, 3.63) is 77.0 Å². The Morgan fingerprint density at radius 2 is 1.70 bits per heavy atom. The maximum atomic E-state index is 13.6. The zero-order chi connectivity index (χ0) is 23.1. The van der Waals surface area contributed by atoms with Gasteiger partial charge in [0.05, 0.1) is 24.4 Å². The predicted molar refractivity (Wildman–Crippen MR) is 120 cm³/mol. The van der Waals surface area contributed by atoms with Crippen LogP contribution in [0.4, 0.5) is 13.6 Å². The van der Waals surface area contributed by atoms with Crippen LogP contribution < -0.4 is 0 Å². The molecule has 0 bridgehead atoms. The molecule has 1 unspecified atom stereocenters. The van der Waals surface area contributed by atoms with Gasteiger partial charge in [0.15, 0.2) is 0 Å². The average molecular weight is 453 g/mol. The van der Waals surface area contributed by atoms with Gasteiger partial charge in [-0.05, 0) is 55.3 Å². The highest BCUT2D eigenvalue weighted by molar-refractivity contribution is 5.76. The fraction of sp³-hybridized carbons (Fsp3) is 0.360. The van der Waals surface area contributed by atoms with Crippen LogP contribution in [-0.4, -0.2) is 56.5 Å². The van der Waals surface area contributed by atoms with Crippen LogP contribution in [0.1, 0.15) is 36.2 Å². The molecule has 0 aliphatic carbocycles. The van der Waals surface area contributed by atoms with E-state index in [1.165, 1.54) is 24.3 Å². The predicted octanol–water partition coefficient (Wildman–Crippen LogP) is 3.98. The number of halogens is 2. The second-order valence-electron chi connectivity index (χ2n) is 8.80. The molecule has 2 aliphatic heterocycles. The highest BCUT2D eigenvalue weighted by Crippen LogP contribution is 2.34. The van der Waals surface area contributed by atoms with Gasteiger partial charge in [-0.3, -0.25) is 4.68 Å². The molecular weight excluding hydrogens is 426 g/mol. The van der Waals surface area contributed by atoms with E-state index in [2.05, 4.69) is 0 Å². The summed E-state index contributed by atoms with van der Waals surface area (Å²) in [6, 6.07) is 12.4. The molecule has 2 amide bonds. The fourth-order valence-electron chi connectivity index (χ4n) is 4.77. The van der Waals surface area contributed by atoms with Gasteiger partial charge >= 0.3 is 6.03 Å². The quantitative estimate of drug-likeness (QED) is 0.654. The van der Waals surface area contributed by atoms with E-state index in [4.69, 9.17) is 5.10 Å². The Balaban J connectivity index is 1.52. The first-order valence-electron chi connectivity index (χ1n) is 11.2. The Hall–Kier alpha value is -3.26. The molecule has 3 heterocycles. The number of urea groups is 1. The van der Waals surface area contributed by atoms with E-state index >= 15 is 0 Å². The topological polar surface area (TPSA) is 61.6 Å². The number of β-amino-alcohol motifs (C(OH)–C–C–N with tert-alkyl or cyclic N) is 1. The van der Waals surface area contributed by atoms with Gasteiger partial charge in [-0.1, -0.05) is 12.1 Å². The monoisotopic (exact) mass is 452 g/mol. The first-order chi connectivity index (χ1) is 15.9. The number of hydrogen-bond donors (Lipinski definition) is 1. The summed E-state index contributed by atoms with van der Waals surface area (Å²) in [4.78, 5) is 16.6. The van der Waals surface area contributed by atoms with Crippen LogP contribution in [0.2, 0.25) is 0 Å². The molecule has 8 heteroatoms. The van der Waals surface area contributed by atoms with Crippen LogP contribution >= 0.6 is 0 Å². The number of hydrogen-bond acceptors (Lipinski definition) is 3. The minimum Gasteiger partial charge on any atom is -0.391 e. The molecule has 1 saturated heterocycles. The number of fused-ring (bicyclic) bond motifs is 1. The van der Waals surface area contributed by atoms with Crippen molar-refractivity contribution in [2.24, 2.45) is 0 Å². The Bertz CT molecular complexity index is 1160. The van der Waals surface area contributed by atoms with Crippen LogP contribution in [0.5, 0.6) is 0 Å². The maximum absolute atomic E-state index is 13.6. The van der Waals surface area contributed by atoms with Crippen LogP contribution in [0.25, 0.3) is 11.3 Å². The number of benzene rings is 2. The van der Waals surface area contributed by atoms with Gasteiger partial charge in [0, 0.05) is 42.9 Å². The lowest BCUT2D eigenvalue weighted by Crippen LogP contribution is -2.44. The Morgan fingerprint density at radius 1 is 1.03 bits per heavy atom. The molecular formula is C25H26F2N4O2. The zero-order valence-corrected chi connectivity index (χ0v) is 18.4. The van der Waals surface area contributed by atoms with Gasteiger partial charge in [-0.25, -0.2) is 13.6 Å². The molecule has 6 nitrogen and oxygen atoms in total. The highest BCUT2D eigenvalue weighted by Gasteiger charge is 2.33. The molecule has 0 radical (unpaired) electrons. The Morgan fingerprint density at radius 3 is 2.33 bits per heavy atom. The molecule has 0 spiro atoms. The van der Waals surface area contributed by atoms with Gasteiger partial charge in [-0.15, -0.1) is 0 Å². The first-order valence-corrected chi connectivity index (χ1v) is 11.2. The van der Waals surface area contributed by atoms with Crippen molar-refractivity contribution >= 4 is 6.03 Å². The van der Waals surface area contributed by atoms with E-state index in [0.717, 1.165) is 28.1 Å². The minimum absolute atomic E-state index is 0.0819. The van der Waals surface area contributed by atoms with E-state index in [0.29, 0.717) is 39.0 Å². The number of aliphatic hydroxyl groups excluding tert-OH is 1. The number of carbonyl (C=O) groups excluding carboxylic acids is 1. The number of aromatic nitrogens is 2. The second kappa shape index (κ2) is 8.59. The summed E-state index contributed by atoms with van der Waals surface area (Å²) in [5.74, 6) is -0.613. The minimum atomic E-state index is -0.469. The number of nitrogens with zero attached hydrogens (tertiary/aromatic N) is 4. The van der Waals surface area contributed by atoms with Gasteiger partial charge in [-0.2, -0.15) is 5.10 Å². The number of likely N-dealkylation sites (tertiary alicyclic amines) is 1. The van der Waals surface area contributed by atoms with Crippen molar-refractivity contribution in [3.63, 3.8) is 0 Å². The molecule has 1 N–H and O–H groups in total. The van der Waals surface area contributed by atoms with Crippen molar-refractivity contribution in [2.75, 3.05) is 19.6 Å². The van der Waals surface area contributed by atoms with E-state index in [1.807, 2.05) is 11.6 Å². The normalized spacial score (nSPS) is 19.0.